The number of anilines is 1. The maximum Gasteiger partial charge on any atom is 0.159 e. The Hall–Kier alpha value is -0.850. The van der Waals surface area contributed by atoms with E-state index in [1.165, 1.54) is 0 Å². The molecule has 3 rings (SSSR count). The van der Waals surface area contributed by atoms with Crippen molar-refractivity contribution in [2.75, 3.05) is 12.0 Å². The molecule has 86 valence electrons. The Morgan fingerprint density at radius 2 is 2.31 bits per heavy atom. The van der Waals surface area contributed by atoms with Gasteiger partial charge in [-0.3, -0.25) is 0 Å². The number of nitrogen functional groups attached to an aromatic ring is 1. The molecule has 0 aromatic carbocycles. The molecule has 16 heavy (non-hydrogen) atoms. The van der Waals surface area contributed by atoms with Crippen molar-refractivity contribution in [3.05, 3.63) is 17.1 Å². The molecule has 5 nitrogen and oxygen atoms in total. The zero-order valence-electron chi connectivity index (χ0n) is 8.90. The number of hydrazine groups is 1. The summed E-state index contributed by atoms with van der Waals surface area (Å²) in [6.07, 6.45) is 2.16. The highest BCUT2D eigenvalue weighted by atomic mass is 32.2. The van der Waals surface area contributed by atoms with Crippen molar-refractivity contribution < 1.29 is 4.74 Å². The molecule has 3 heterocycles. The third-order valence-corrected chi connectivity index (χ3v) is 3.92. The summed E-state index contributed by atoms with van der Waals surface area (Å²) in [5.41, 5.74) is 4.93. The lowest BCUT2D eigenvalue weighted by molar-refractivity contribution is 0.105. The second-order valence-electron chi connectivity index (χ2n) is 3.99. The van der Waals surface area contributed by atoms with E-state index in [0.29, 0.717) is 0 Å². The van der Waals surface area contributed by atoms with Gasteiger partial charge < -0.3 is 10.2 Å². The Morgan fingerprint density at radius 3 is 3.06 bits per heavy atom. The summed E-state index contributed by atoms with van der Waals surface area (Å²) >= 11 is 1.84. The quantitative estimate of drug-likeness (QED) is 0.598. The Bertz CT molecular complexity index is 406. The first-order valence-electron chi connectivity index (χ1n) is 5.44. The molecule has 2 aliphatic rings. The second kappa shape index (κ2) is 4.20. The fourth-order valence-electron chi connectivity index (χ4n) is 2.11. The number of hydrogen-bond acceptors (Lipinski definition) is 6. The van der Waals surface area contributed by atoms with Crippen molar-refractivity contribution in [2.45, 2.75) is 30.5 Å². The molecule has 0 saturated carbocycles. The lowest BCUT2D eigenvalue weighted by atomic mass is 10.2. The number of rotatable bonds is 2. The van der Waals surface area contributed by atoms with Gasteiger partial charge in [0.2, 0.25) is 0 Å². The van der Waals surface area contributed by atoms with Crippen molar-refractivity contribution in [1.82, 2.24) is 9.97 Å². The predicted octanol–water partition coefficient (Wildman–Crippen LogP) is 1.36. The summed E-state index contributed by atoms with van der Waals surface area (Å²) in [7, 11) is 0. The lowest BCUT2D eigenvalue weighted by Crippen LogP contribution is -2.15. The number of nitrogens with one attached hydrogen (secondary N) is 1. The van der Waals surface area contributed by atoms with Gasteiger partial charge in [0, 0.05) is 23.7 Å². The van der Waals surface area contributed by atoms with Gasteiger partial charge in [-0.05, 0) is 12.8 Å². The molecule has 1 atom stereocenters. The fourth-order valence-corrected chi connectivity index (χ4v) is 3.16. The number of thioether (sulfide) groups is 1. The molecule has 6 heteroatoms. The minimum absolute atomic E-state index is 0.0583. The van der Waals surface area contributed by atoms with Crippen molar-refractivity contribution >= 4 is 17.6 Å². The van der Waals surface area contributed by atoms with Crippen molar-refractivity contribution in [3.63, 3.8) is 0 Å². The molecule has 1 saturated heterocycles. The van der Waals surface area contributed by atoms with Crippen molar-refractivity contribution in [3.8, 4) is 0 Å². The molecule has 1 unspecified atom stereocenters. The van der Waals surface area contributed by atoms with Crippen LogP contribution in [0.4, 0.5) is 5.82 Å². The molecule has 1 aromatic heterocycles. The number of aromatic nitrogens is 2. The molecule has 3 N–H and O–H groups in total. The van der Waals surface area contributed by atoms with Crippen LogP contribution in [0.3, 0.4) is 0 Å². The van der Waals surface area contributed by atoms with Crippen molar-refractivity contribution in [2.24, 2.45) is 5.84 Å². The number of fused-ring (bicyclic) bond motifs is 1. The van der Waals surface area contributed by atoms with Crippen LogP contribution in [0.1, 0.15) is 36.0 Å². The fraction of sp³-hybridized carbons (Fsp3) is 0.600. The van der Waals surface area contributed by atoms with E-state index in [4.69, 9.17) is 10.6 Å². The molecule has 1 fully saturated rings. The van der Waals surface area contributed by atoms with E-state index in [2.05, 4.69) is 15.4 Å². The zero-order chi connectivity index (χ0) is 11.0. The minimum atomic E-state index is 0.0583. The van der Waals surface area contributed by atoms with Gasteiger partial charge in [-0.15, -0.1) is 0 Å². The number of nitrogens with two attached hydrogens (primary N) is 1. The molecule has 1 aromatic rings. The summed E-state index contributed by atoms with van der Waals surface area (Å²) in [5.74, 6) is 8.94. The van der Waals surface area contributed by atoms with E-state index >= 15 is 0 Å². The standard InChI is InChI=1S/C10H14N4OS/c11-14-9-6-4-16-5-7(6)12-10(13-9)8-2-1-3-15-8/h8H,1-5,11H2,(H,12,13,14). The number of ether oxygens (including phenoxy) is 1. The molecule has 0 bridgehead atoms. The number of hydrogen-bond donors (Lipinski definition) is 2. The van der Waals surface area contributed by atoms with E-state index in [0.717, 1.165) is 53.9 Å². The topological polar surface area (TPSA) is 73.1 Å². The molecule has 0 radical (unpaired) electrons. The normalized spacial score (nSPS) is 23.4. The van der Waals surface area contributed by atoms with Crippen molar-refractivity contribution in [1.29, 1.82) is 0 Å². The Morgan fingerprint density at radius 1 is 1.38 bits per heavy atom. The van der Waals surface area contributed by atoms with Gasteiger partial charge in [0.25, 0.3) is 0 Å². The van der Waals surface area contributed by atoms with Gasteiger partial charge >= 0.3 is 0 Å². The van der Waals surface area contributed by atoms with Crippen LogP contribution in [0.5, 0.6) is 0 Å². The Balaban J connectivity index is 2.00. The minimum Gasteiger partial charge on any atom is -0.370 e. The molecule has 2 aliphatic heterocycles. The van der Waals surface area contributed by atoms with Gasteiger partial charge in [0.15, 0.2) is 5.82 Å². The predicted molar refractivity (Wildman–Crippen MR) is 62.8 cm³/mol. The number of nitrogens with zero attached hydrogens (tertiary/aromatic N) is 2. The Labute approximate surface area is 98.1 Å². The average molecular weight is 238 g/mol. The highest BCUT2D eigenvalue weighted by Gasteiger charge is 2.25. The molecule has 0 spiro atoms. The van der Waals surface area contributed by atoms with Gasteiger partial charge in [0.05, 0.1) is 5.69 Å². The smallest absolute Gasteiger partial charge is 0.159 e. The molecular formula is C10H14N4OS. The third kappa shape index (κ3) is 1.66. The van der Waals surface area contributed by atoms with E-state index in [1.807, 2.05) is 11.8 Å². The van der Waals surface area contributed by atoms with Gasteiger partial charge in [0.1, 0.15) is 11.9 Å². The average Bonchev–Trinajstić information content (AvgIpc) is 2.97. The maximum absolute atomic E-state index is 5.60. The highest BCUT2D eigenvalue weighted by molar-refractivity contribution is 7.98. The molecule has 0 amide bonds. The van der Waals surface area contributed by atoms with Gasteiger partial charge in [-0.25, -0.2) is 15.8 Å². The lowest BCUT2D eigenvalue weighted by Gasteiger charge is -2.12. The van der Waals surface area contributed by atoms with Gasteiger partial charge in [-0.2, -0.15) is 11.8 Å². The maximum atomic E-state index is 5.60. The van der Waals surface area contributed by atoms with Crippen LogP contribution in [0.25, 0.3) is 0 Å². The second-order valence-corrected chi connectivity index (χ2v) is 4.98. The summed E-state index contributed by atoms with van der Waals surface area (Å²) in [5, 5.41) is 0. The Kier molecular flexibility index (Phi) is 2.70. The first-order chi connectivity index (χ1) is 7.88. The molecular weight excluding hydrogens is 224 g/mol. The van der Waals surface area contributed by atoms with Crippen LogP contribution in [-0.4, -0.2) is 16.6 Å². The first-order valence-corrected chi connectivity index (χ1v) is 6.59. The summed E-state index contributed by atoms with van der Waals surface area (Å²) < 4.78 is 5.60. The van der Waals surface area contributed by atoms with E-state index in [1.54, 1.807) is 0 Å². The third-order valence-electron chi connectivity index (χ3n) is 2.95. The van der Waals surface area contributed by atoms with Crippen LogP contribution in [0.15, 0.2) is 0 Å². The molecule has 0 aliphatic carbocycles. The van der Waals surface area contributed by atoms with Crippen LogP contribution < -0.4 is 11.3 Å². The van der Waals surface area contributed by atoms with Crippen LogP contribution >= 0.6 is 11.8 Å². The summed E-state index contributed by atoms with van der Waals surface area (Å²) in [4.78, 5) is 9.05. The summed E-state index contributed by atoms with van der Waals surface area (Å²) in [6.45, 7) is 0.811. The van der Waals surface area contributed by atoms with Crippen LogP contribution in [0, 0.1) is 0 Å². The van der Waals surface area contributed by atoms with Crippen LogP contribution in [-0.2, 0) is 16.2 Å². The summed E-state index contributed by atoms with van der Waals surface area (Å²) in [6, 6.07) is 0. The largest absolute Gasteiger partial charge is 0.370 e. The van der Waals surface area contributed by atoms with Gasteiger partial charge in [-0.1, -0.05) is 0 Å². The monoisotopic (exact) mass is 238 g/mol. The zero-order valence-corrected chi connectivity index (χ0v) is 9.72. The SMILES string of the molecule is NNc1nc(C2CCCO2)nc2c1CSC2. The van der Waals surface area contributed by atoms with Crippen LogP contribution in [0.2, 0.25) is 0 Å². The highest BCUT2D eigenvalue weighted by Crippen LogP contribution is 2.35. The van der Waals surface area contributed by atoms with E-state index < -0.39 is 0 Å². The van der Waals surface area contributed by atoms with E-state index in [9.17, 15) is 0 Å². The first kappa shape index (κ1) is 10.3. The van der Waals surface area contributed by atoms with E-state index in [-0.39, 0.29) is 6.10 Å².